The second kappa shape index (κ2) is 8.73. The summed E-state index contributed by atoms with van der Waals surface area (Å²) >= 11 is 1.27. The molecule has 0 aliphatic rings. The molecule has 9 heteroatoms. The molecule has 0 amide bonds. The first-order valence-corrected chi connectivity index (χ1v) is 10.4. The summed E-state index contributed by atoms with van der Waals surface area (Å²) in [6.07, 6.45) is -0.0629. The van der Waals surface area contributed by atoms with Gasteiger partial charge in [-0.05, 0) is 31.2 Å². The van der Waals surface area contributed by atoms with Gasteiger partial charge in [0.1, 0.15) is 5.01 Å². The number of nitrogens with zero attached hydrogens (tertiary/aromatic N) is 3. The van der Waals surface area contributed by atoms with Crippen molar-refractivity contribution in [2.75, 3.05) is 6.61 Å². The summed E-state index contributed by atoms with van der Waals surface area (Å²) in [5.74, 6) is -2.32. The Morgan fingerprint density at radius 3 is 2.65 bits per heavy atom. The molecule has 2 heterocycles. The average Bonchev–Trinajstić information content (AvgIpc) is 3.22. The number of hydrogen-bond donors (Lipinski definition) is 0. The van der Waals surface area contributed by atoms with Crippen LogP contribution < -0.4 is 5.56 Å². The van der Waals surface area contributed by atoms with Crippen molar-refractivity contribution in [3.05, 3.63) is 80.5 Å². The van der Waals surface area contributed by atoms with Crippen LogP contribution in [0.2, 0.25) is 0 Å². The summed E-state index contributed by atoms with van der Waals surface area (Å²) < 4.78 is 33.0. The molecule has 6 nitrogen and oxygen atoms in total. The Morgan fingerprint density at radius 1 is 1.13 bits per heavy atom. The van der Waals surface area contributed by atoms with E-state index in [0.717, 1.165) is 12.1 Å². The van der Waals surface area contributed by atoms with E-state index >= 15 is 0 Å². The Hall–Kier alpha value is -3.46. The number of aromatic nitrogens is 3. The first-order chi connectivity index (χ1) is 15.0. The highest BCUT2D eigenvalue weighted by molar-refractivity contribution is 7.09. The van der Waals surface area contributed by atoms with E-state index in [1.807, 2.05) is 0 Å². The van der Waals surface area contributed by atoms with Gasteiger partial charge in [-0.25, -0.2) is 18.4 Å². The third kappa shape index (κ3) is 4.36. The zero-order chi connectivity index (χ0) is 22.0. The van der Waals surface area contributed by atoms with Crippen LogP contribution in [0.5, 0.6) is 0 Å². The standard InChI is InChI=1S/C22H17F2N3O3S/c1-2-30-21(28)10-18-14-5-3-4-6-15(14)22(29)27(26-18)11-20-25-19(12-31-20)13-7-8-16(23)17(24)9-13/h3-9,12H,2,10-11H2,1H3. The molecule has 0 bridgehead atoms. The number of fused-ring (bicyclic) bond motifs is 1. The Bertz CT molecular complexity index is 1330. The van der Waals surface area contributed by atoms with Crippen LogP contribution in [0.4, 0.5) is 8.78 Å². The highest BCUT2D eigenvalue weighted by atomic mass is 32.1. The van der Waals surface area contributed by atoms with Crippen LogP contribution in [-0.2, 0) is 22.5 Å². The van der Waals surface area contributed by atoms with E-state index in [9.17, 15) is 18.4 Å². The lowest BCUT2D eigenvalue weighted by Gasteiger charge is -2.10. The number of ether oxygens (including phenoxy) is 1. The number of carbonyl (C=O) groups excluding carboxylic acids is 1. The van der Waals surface area contributed by atoms with Crippen molar-refractivity contribution in [3.63, 3.8) is 0 Å². The maximum absolute atomic E-state index is 13.5. The van der Waals surface area contributed by atoms with Crippen LogP contribution in [0.3, 0.4) is 0 Å². The molecule has 0 saturated carbocycles. The molecule has 2 aromatic carbocycles. The van der Waals surface area contributed by atoms with E-state index in [2.05, 4.69) is 10.1 Å². The van der Waals surface area contributed by atoms with E-state index in [-0.39, 0.29) is 25.1 Å². The molecule has 0 spiro atoms. The van der Waals surface area contributed by atoms with Crippen molar-refractivity contribution in [1.29, 1.82) is 0 Å². The Balaban J connectivity index is 1.69. The maximum atomic E-state index is 13.5. The maximum Gasteiger partial charge on any atom is 0.311 e. The third-order valence-corrected chi connectivity index (χ3v) is 5.45. The van der Waals surface area contributed by atoms with E-state index in [1.165, 1.54) is 22.1 Å². The smallest absolute Gasteiger partial charge is 0.311 e. The van der Waals surface area contributed by atoms with E-state index in [4.69, 9.17) is 4.74 Å². The van der Waals surface area contributed by atoms with Crippen molar-refractivity contribution >= 4 is 28.1 Å². The SMILES string of the molecule is CCOC(=O)Cc1nn(Cc2nc(-c3ccc(F)c(F)c3)cs2)c(=O)c2ccccc12. The molecule has 0 fully saturated rings. The molecular weight excluding hydrogens is 424 g/mol. The highest BCUT2D eigenvalue weighted by Gasteiger charge is 2.16. The number of rotatable bonds is 6. The normalized spacial score (nSPS) is 11.1. The minimum atomic E-state index is -0.955. The quantitative estimate of drug-likeness (QED) is 0.424. The summed E-state index contributed by atoms with van der Waals surface area (Å²) in [7, 11) is 0. The van der Waals surface area contributed by atoms with Crippen molar-refractivity contribution in [2.24, 2.45) is 0 Å². The molecule has 0 radical (unpaired) electrons. The molecule has 0 aliphatic heterocycles. The molecule has 4 rings (SSSR count). The van der Waals surface area contributed by atoms with Gasteiger partial charge in [0.25, 0.3) is 5.56 Å². The van der Waals surface area contributed by atoms with Crippen LogP contribution >= 0.6 is 11.3 Å². The van der Waals surface area contributed by atoms with Crippen LogP contribution in [-0.4, -0.2) is 27.3 Å². The van der Waals surface area contributed by atoms with Gasteiger partial charge in [-0.2, -0.15) is 5.10 Å². The van der Waals surface area contributed by atoms with E-state index in [0.29, 0.717) is 32.7 Å². The number of hydrogen-bond acceptors (Lipinski definition) is 6. The minimum absolute atomic E-state index is 0.0629. The fraction of sp³-hybridized carbons (Fsp3) is 0.182. The van der Waals surface area contributed by atoms with Crippen LogP contribution in [0, 0.1) is 11.6 Å². The number of halogens is 2. The lowest BCUT2D eigenvalue weighted by Crippen LogP contribution is -2.26. The zero-order valence-corrected chi connectivity index (χ0v) is 17.3. The number of carbonyl (C=O) groups is 1. The molecule has 4 aromatic rings. The third-order valence-electron chi connectivity index (χ3n) is 4.61. The second-order valence-corrected chi connectivity index (χ2v) is 7.63. The van der Waals surface area contributed by atoms with Gasteiger partial charge in [-0.1, -0.05) is 18.2 Å². The molecule has 0 N–H and O–H groups in total. The van der Waals surface area contributed by atoms with Crippen LogP contribution in [0.15, 0.2) is 52.6 Å². The van der Waals surface area contributed by atoms with Crippen molar-refractivity contribution in [3.8, 4) is 11.3 Å². The topological polar surface area (TPSA) is 74.1 Å². The molecular formula is C22H17F2N3O3S. The van der Waals surface area contributed by atoms with E-state index in [1.54, 1.807) is 36.6 Å². The molecule has 0 unspecified atom stereocenters. The molecule has 0 aliphatic carbocycles. The Morgan fingerprint density at radius 2 is 1.90 bits per heavy atom. The molecule has 31 heavy (non-hydrogen) atoms. The number of thiazole rings is 1. The molecule has 158 valence electrons. The Kier molecular flexibility index (Phi) is 5.85. The Labute approximate surface area is 179 Å². The summed E-state index contributed by atoms with van der Waals surface area (Å²) in [5.41, 5.74) is 1.03. The fourth-order valence-electron chi connectivity index (χ4n) is 3.19. The first-order valence-electron chi connectivity index (χ1n) is 9.50. The summed E-state index contributed by atoms with van der Waals surface area (Å²) in [6.45, 7) is 2.05. The van der Waals surface area contributed by atoms with Crippen LogP contribution in [0.25, 0.3) is 22.0 Å². The van der Waals surface area contributed by atoms with Gasteiger partial charge >= 0.3 is 5.97 Å². The first kappa shape index (κ1) is 20.8. The van der Waals surface area contributed by atoms with Gasteiger partial charge in [0.05, 0.1) is 36.3 Å². The van der Waals surface area contributed by atoms with Gasteiger partial charge in [0.15, 0.2) is 11.6 Å². The van der Waals surface area contributed by atoms with Crippen molar-refractivity contribution in [1.82, 2.24) is 14.8 Å². The van der Waals surface area contributed by atoms with Crippen LogP contribution in [0.1, 0.15) is 17.6 Å². The molecule has 2 aromatic heterocycles. The second-order valence-electron chi connectivity index (χ2n) is 6.69. The number of benzene rings is 2. The lowest BCUT2D eigenvalue weighted by molar-refractivity contribution is -0.142. The highest BCUT2D eigenvalue weighted by Crippen LogP contribution is 2.24. The largest absolute Gasteiger partial charge is 0.466 e. The lowest BCUT2D eigenvalue weighted by atomic mass is 10.1. The zero-order valence-electron chi connectivity index (χ0n) is 16.5. The predicted molar refractivity (Wildman–Crippen MR) is 113 cm³/mol. The van der Waals surface area contributed by atoms with Gasteiger partial charge in [0.2, 0.25) is 0 Å². The summed E-state index contributed by atoms with van der Waals surface area (Å²) in [5, 5.41) is 7.68. The summed E-state index contributed by atoms with van der Waals surface area (Å²) in [4.78, 5) is 29.4. The minimum Gasteiger partial charge on any atom is -0.466 e. The van der Waals surface area contributed by atoms with Crippen molar-refractivity contribution < 1.29 is 18.3 Å². The van der Waals surface area contributed by atoms with Crippen molar-refractivity contribution in [2.45, 2.75) is 19.9 Å². The average molecular weight is 441 g/mol. The number of esters is 1. The van der Waals surface area contributed by atoms with Gasteiger partial charge in [0, 0.05) is 16.3 Å². The van der Waals surface area contributed by atoms with Gasteiger partial charge in [-0.15, -0.1) is 11.3 Å². The summed E-state index contributed by atoms with van der Waals surface area (Å²) in [6, 6.07) is 10.5. The fourth-order valence-corrected chi connectivity index (χ4v) is 3.98. The monoisotopic (exact) mass is 441 g/mol. The molecule has 0 saturated heterocycles. The van der Waals surface area contributed by atoms with Gasteiger partial charge < -0.3 is 4.74 Å². The molecule has 0 atom stereocenters. The predicted octanol–water partition coefficient (Wildman–Crippen LogP) is 3.95. The van der Waals surface area contributed by atoms with E-state index < -0.39 is 17.6 Å². The van der Waals surface area contributed by atoms with Gasteiger partial charge in [-0.3, -0.25) is 9.59 Å².